The fraction of sp³-hybridized carbons (Fsp3) is 0.250. The third-order valence-corrected chi connectivity index (χ3v) is 3.65. The van der Waals surface area contributed by atoms with E-state index in [1.807, 2.05) is 19.1 Å². The van der Waals surface area contributed by atoms with E-state index in [2.05, 4.69) is 43.4 Å². The molecule has 0 radical (unpaired) electrons. The van der Waals surface area contributed by atoms with Crippen molar-refractivity contribution in [2.24, 2.45) is 0 Å². The van der Waals surface area contributed by atoms with Crippen molar-refractivity contribution >= 4 is 17.3 Å². The van der Waals surface area contributed by atoms with Gasteiger partial charge in [-0.2, -0.15) is 0 Å². The maximum absolute atomic E-state index is 6.11. The van der Waals surface area contributed by atoms with Crippen LogP contribution in [0, 0.1) is 20.8 Å². The van der Waals surface area contributed by atoms with Gasteiger partial charge in [0.2, 0.25) is 0 Å². The number of aryl methyl sites for hydroxylation is 2. The lowest BCUT2D eigenvalue weighted by Gasteiger charge is -2.12. The normalized spacial score (nSPS) is 10.4. The lowest BCUT2D eigenvalue weighted by atomic mass is 10.1. The van der Waals surface area contributed by atoms with Gasteiger partial charge in [-0.25, -0.2) is 0 Å². The molecule has 2 aromatic rings. The number of nitrogens with one attached hydrogen (secondary N) is 1. The second kappa shape index (κ2) is 5.45. The van der Waals surface area contributed by atoms with Crippen LogP contribution < -0.4 is 5.32 Å². The fourth-order valence-electron chi connectivity index (χ4n) is 1.98. The van der Waals surface area contributed by atoms with Crippen molar-refractivity contribution in [3.63, 3.8) is 0 Å². The molecule has 1 nitrogen and oxygen atoms in total. The fourth-order valence-corrected chi connectivity index (χ4v) is 2.15. The Morgan fingerprint density at radius 3 is 2.61 bits per heavy atom. The third kappa shape index (κ3) is 2.85. The Bertz CT molecular complexity index is 559. The minimum absolute atomic E-state index is 0.806. The predicted molar refractivity (Wildman–Crippen MR) is 79.4 cm³/mol. The van der Waals surface area contributed by atoms with Crippen LogP contribution in [0.4, 0.5) is 5.69 Å². The molecule has 2 rings (SSSR count). The first-order valence-electron chi connectivity index (χ1n) is 6.13. The van der Waals surface area contributed by atoms with Gasteiger partial charge < -0.3 is 5.32 Å². The van der Waals surface area contributed by atoms with Crippen molar-refractivity contribution in [1.82, 2.24) is 0 Å². The highest BCUT2D eigenvalue weighted by molar-refractivity contribution is 6.31. The molecule has 0 aliphatic heterocycles. The van der Waals surface area contributed by atoms with Crippen molar-refractivity contribution in [2.75, 3.05) is 5.32 Å². The zero-order chi connectivity index (χ0) is 13.1. The summed E-state index contributed by atoms with van der Waals surface area (Å²) in [6, 6.07) is 12.5. The highest BCUT2D eigenvalue weighted by atomic mass is 35.5. The summed E-state index contributed by atoms with van der Waals surface area (Å²) in [5, 5.41) is 4.26. The van der Waals surface area contributed by atoms with E-state index in [0.717, 1.165) is 22.8 Å². The molecule has 0 aromatic heterocycles. The summed E-state index contributed by atoms with van der Waals surface area (Å²) in [6.45, 7) is 7.12. The lowest BCUT2D eigenvalue weighted by Crippen LogP contribution is -2.03. The molecule has 0 saturated carbocycles. The van der Waals surface area contributed by atoms with E-state index >= 15 is 0 Å². The number of benzene rings is 2. The molecule has 0 fully saturated rings. The Labute approximate surface area is 114 Å². The van der Waals surface area contributed by atoms with E-state index in [0.29, 0.717) is 0 Å². The van der Waals surface area contributed by atoms with E-state index in [4.69, 9.17) is 11.6 Å². The van der Waals surface area contributed by atoms with E-state index in [1.165, 1.54) is 16.7 Å². The highest BCUT2D eigenvalue weighted by Gasteiger charge is 2.03. The summed E-state index contributed by atoms with van der Waals surface area (Å²) in [4.78, 5) is 0. The summed E-state index contributed by atoms with van der Waals surface area (Å²) in [5.41, 5.74) is 6.13. The predicted octanol–water partition coefficient (Wildman–Crippen LogP) is 4.88. The summed E-state index contributed by atoms with van der Waals surface area (Å²) in [5.74, 6) is 0. The Kier molecular flexibility index (Phi) is 3.93. The summed E-state index contributed by atoms with van der Waals surface area (Å²) in [6.07, 6.45) is 0. The number of anilines is 1. The first kappa shape index (κ1) is 13.0. The molecule has 0 aliphatic rings. The quantitative estimate of drug-likeness (QED) is 0.829. The molecule has 0 unspecified atom stereocenters. The van der Waals surface area contributed by atoms with Gasteiger partial charge in [0.1, 0.15) is 0 Å². The smallest absolute Gasteiger partial charge is 0.0455 e. The molecule has 1 N–H and O–H groups in total. The molecule has 94 valence electrons. The highest BCUT2D eigenvalue weighted by Crippen LogP contribution is 2.23. The number of hydrogen-bond acceptors (Lipinski definition) is 1. The Balaban J connectivity index is 2.16. The van der Waals surface area contributed by atoms with Gasteiger partial charge in [0, 0.05) is 17.3 Å². The van der Waals surface area contributed by atoms with Gasteiger partial charge in [0.25, 0.3) is 0 Å². The summed E-state index contributed by atoms with van der Waals surface area (Å²) in [7, 11) is 0. The molecule has 18 heavy (non-hydrogen) atoms. The Hall–Kier alpha value is -1.47. The molecular weight excluding hydrogens is 242 g/mol. The Morgan fingerprint density at radius 2 is 1.83 bits per heavy atom. The second-order valence-corrected chi connectivity index (χ2v) is 5.10. The van der Waals surface area contributed by atoms with Gasteiger partial charge in [-0.05, 0) is 49.6 Å². The first-order valence-corrected chi connectivity index (χ1v) is 6.51. The zero-order valence-corrected chi connectivity index (χ0v) is 11.8. The maximum atomic E-state index is 6.11. The van der Waals surface area contributed by atoms with Crippen molar-refractivity contribution in [3.8, 4) is 0 Å². The molecule has 0 bridgehead atoms. The standard InChI is InChI=1S/C16H18ClN/c1-11-7-8-12(2)14(9-11)10-18-16-6-4-5-15(17)13(16)3/h4-9,18H,10H2,1-3H3. The van der Waals surface area contributed by atoms with Gasteiger partial charge in [-0.3, -0.25) is 0 Å². The van der Waals surface area contributed by atoms with Crippen molar-refractivity contribution in [2.45, 2.75) is 27.3 Å². The van der Waals surface area contributed by atoms with Crippen molar-refractivity contribution in [1.29, 1.82) is 0 Å². The summed E-state index contributed by atoms with van der Waals surface area (Å²) >= 11 is 6.11. The van der Waals surface area contributed by atoms with Crippen molar-refractivity contribution < 1.29 is 0 Å². The molecule has 0 atom stereocenters. The third-order valence-electron chi connectivity index (χ3n) is 3.24. The molecule has 2 aromatic carbocycles. The molecular formula is C16H18ClN. The van der Waals surface area contributed by atoms with E-state index in [-0.39, 0.29) is 0 Å². The van der Waals surface area contributed by atoms with Gasteiger partial charge in [0.05, 0.1) is 0 Å². The average molecular weight is 260 g/mol. The van der Waals surface area contributed by atoms with Crippen molar-refractivity contribution in [3.05, 3.63) is 63.7 Å². The number of rotatable bonds is 3. The van der Waals surface area contributed by atoms with Crippen LogP contribution >= 0.6 is 11.6 Å². The Morgan fingerprint density at radius 1 is 1.06 bits per heavy atom. The van der Waals surface area contributed by atoms with Crippen LogP contribution in [0.3, 0.4) is 0 Å². The monoisotopic (exact) mass is 259 g/mol. The SMILES string of the molecule is Cc1ccc(C)c(CNc2cccc(Cl)c2C)c1. The molecule has 0 spiro atoms. The van der Waals surface area contributed by atoms with Crippen LogP contribution in [-0.2, 0) is 6.54 Å². The average Bonchev–Trinajstić information content (AvgIpc) is 2.35. The minimum Gasteiger partial charge on any atom is -0.381 e. The topological polar surface area (TPSA) is 12.0 Å². The van der Waals surface area contributed by atoms with Crippen LogP contribution in [0.2, 0.25) is 5.02 Å². The minimum atomic E-state index is 0.806. The number of hydrogen-bond donors (Lipinski definition) is 1. The summed E-state index contributed by atoms with van der Waals surface area (Å²) < 4.78 is 0. The van der Waals surface area contributed by atoms with Crippen LogP contribution in [0.25, 0.3) is 0 Å². The molecule has 0 aliphatic carbocycles. The van der Waals surface area contributed by atoms with Crippen LogP contribution in [0.5, 0.6) is 0 Å². The molecule has 0 heterocycles. The van der Waals surface area contributed by atoms with Crippen LogP contribution in [0.1, 0.15) is 22.3 Å². The molecule has 0 amide bonds. The second-order valence-electron chi connectivity index (χ2n) is 4.70. The maximum Gasteiger partial charge on any atom is 0.0455 e. The lowest BCUT2D eigenvalue weighted by molar-refractivity contribution is 1.10. The van der Waals surface area contributed by atoms with E-state index < -0.39 is 0 Å². The van der Waals surface area contributed by atoms with Crippen LogP contribution in [-0.4, -0.2) is 0 Å². The van der Waals surface area contributed by atoms with Gasteiger partial charge in [-0.15, -0.1) is 0 Å². The van der Waals surface area contributed by atoms with E-state index in [9.17, 15) is 0 Å². The van der Waals surface area contributed by atoms with Gasteiger partial charge >= 0.3 is 0 Å². The van der Waals surface area contributed by atoms with E-state index in [1.54, 1.807) is 0 Å². The number of halogens is 1. The van der Waals surface area contributed by atoms with Crippen LogP contribution in [0.15, 0.2) is 36.4 Å². The van der Waals surface area contributed by atoms with Gasteiger partial charge in [-0.1, -0.05) is 41.4 Å². The largest absolute Gasteiger partial charge is 0.381 e. The van der Waals surface area contributed by atoms with Gasteiger partial charge in [0.15, 0.2) is 0 Å². The zero-order valence-electron chi connectivity index (χ0n) is 11.0. The first-order chi connectivity index (χ1) is 8.58. The molecule has 2 heteroatoms. The molecule has 0 saturated heterocycles.